The van der Waals surface area contributed by atoms with Gasteiger partial charge in [-0.15, -0.1) is 0 Å². The molecule has 4 heteroatoms. The van der Waals surface area contributed by atoms with Crippen LogP contribution < -0.4 is 0 Å². The smallest absolute Gasteiger partial charge is 0.262 e. The van der Waals surface area contributed by atoms with E-state index in [2.05, 4.69) is 0 Å². The van der Waals surface area contributed by atoms with E-state index in [1.54, 1.807) is 30.5 Å². The van der Waals surface area contributed by atoms with Gasteiger partial charge in [0.25, 0.3) is 11.8 Å². The number of carbonyl (C=O) groups is 2. The number of hydrogen-bond donors (Lipinski definition) is 0. The third kappa shape index (κ3) is 1.64. The molecular formula is C18H13NO3. The van der Waals surface area contributed by atoms with Gasteiger partial charge in [-0.2, -0.15) is 0 Å². The second-order valence-corrected chi connectivity index (χ2v) is 5.39. The van der Waals surface area contributed by atoms with Gasteiger partial charge in [0.05, 0.1) is 23.4 Å². The van der Waals surface area contributed by atoms with Crippen molar-refractivity contribution in [2.45, 2.75) is 13.0 Å². The van der Waals surface area contributed by atoms with Crippen LogP contribution in [0, 0.1) is 0 Å². The number of amides is 2. The van der Waals surface area contributed by atoms with E-state index in [0.29, 0.717) is 11.1 Å². The molecule has 0 saturated heterocycles. The summed E-state index contributed by atoms with van der Waals surface area (Å²) in [5, 5.41) is 0.923. The molecule has 0 N–H and O–H groups in total. The summed E-state index contributed by atoms with van der Waals surface area (Å²) < 4.78 is 5.53. The number of hydrogen-bond acceptors (Lipinski definition) is 3. The molecule has 2 amide bonds. The highest BCUT2D eigenvalue weighted by Gasteiger charge is 2.39. The number of rotatable bonds is 2. The third-order valence-electron chi connectivity index (χ3n) is 4.17. The van der Waals surface area contributed by atoms with E-state index in [9.17, 15) is 9.59 Å². The standard InChI is InChI=1S/C18H13NO3/c1-11(15-10-22-16-9-5-4-6-12(15)16)19-17(20)13-7-2-3-8-14(13)18(19)21/h2-11H,1H3/t11-/m1/s1. The topological polar surface area (TPSA) is 50.5 Å². The zero-order valence-corrected chi connectivity index (χ0v) is 11.9. The van der Waals surface area contributed by atoms with Crippen molar-refractivity contribution in [3.63, 3.8) is 0 Å². The Kier molecular flexibility index (Phi) is 2.66. The van der Waals surface area contributed by atoms with Crippen LogP contribution in [0.4, 0.5) is 0 Å². The van der Waals surface area contributed by atoms with Crippen molar-refractivity contribution < 1.29 is 14.0 Å². The van der Waals surface area contributed by atoms with E-state index in [4.69, 9.17) is 4.42 Å². The van der Waals surface area contributed by atoms with E-state index in [1.807, 2.05) is 31.2 Å². The maximum Gasteiger partial charge on any atom is 0.262 e. The van der Waals surface area contributed by atoms with Gasteiger partial charge in [0.2, 0.25) is 0 Å². The minimum Gasteiger partial charge on any atom is -0.464 e. The normalized spacial score (nSPS) is 15.4. The molecule has 0 bridgehead atoms. The molecule has 1 aromatic heterocycles. The van der Waals surface area contributed by atoms with Gasteiger partial charge >= 0.3 is 0 Å². The molecule has 0 fully saturated rings. The molecule has 4 nitrogen and oxygen atoms in total. The lowest BCUT2D eigenvalue weighted by molar-refractivity contribution is 0.0596. The van der Waals surface area contributed by atoms with Crippen LogP contribution in [0.25, 0.3) is 11.0 Å². The molecule has 22 heavy (non-hydrogen) atoms. The van der Waals surface area contributed by atoms with E-state index in [-0.39, 0.29) is 17.9 Å². The Labute approximate surface area is 127 Å². The van der Waals surface area contributed by atoms with Gasteiger partial charge in [-0.3, -0.25) is 14.5 Å². The molecule has 0 spiro atoms. The molecule has 108 valence electrons. The molecule has 2 heterocycles. The first-order valence-corrected chi connectivity index (χ1v) is 7.11. The monoisotopic (exact) mass is 291 g/mol. The number of nitrogens with zero attached hydrogens (tertiary/aromatic N) is 1. The number of furan rings is 1. The molecule has 4 rings (SSSR count). The van der Waals surface area contributed by atoms with Crippen LogP contribution in [0.15, 0.2) is 59.2 Å². The highest BCUT2D eigenvalue weighted by atomic mass is 16.3. The molecule has 2 aromatic carbocycles. The lowest BCUT2D eigenvalue weighted by atomic mass is 10.1. The summed E-state index contributed by atoms with van der Waals surface area (Å²) in [4.78, 5) is 26.4. The summed E-state index contributed by atoms with van der Waals surface area (Å²) in [6.45, 7) is 1.85. The predicted octanol–water partition coefficient (Wildman–Crippen LogP) is 3.79. The van der Waals surface area contributed by atoms with Crippen molar-refractivity contribution in [2.75, 3.05) is 0 Å². The number of benzene rings is 2. The number of imide groups is 1. The summed E-state index contributed by atoms with van der Waals surface area (Å²) in [5.41, 5.74) is 2.52. The van der Waals surface area contributed by atoms with Crippen molar-refractivity contribution in [1.29, 1.82) is 0 Å². The molecule has 0 saturated carbocycles. The quantitative estimate of drug-likeness (QED) is 0.675. The SMILES string of the molecule is C[C@H](c1coc2ccccc12)N1C(=O)c2ccccc2C1=O. The Morgan fingerprint density at radius 3 is 2.18 bits per heavy atom. The molecule has 1 aliphatic heterocycles. The van der Waals surface area contributed by atoms with Crippen molar-refractivity contribution in [2.24, 2.45) is 0 Å². The fourth-order valence-electron chi connectivity index (χ4n) is 3.02. The molecule has 3 aromatic rings. The minimum absolute atomic E-state index is 0.251. The minimum atomic E-state index is -0.379. The maximum absolute atomic E-state index is 12.6. The molecule has 0 unspecified atom stereocenters. The molecule has 1 aliphatic rings. The van der Waals surface area contributed by atoms with E-state index < -0.39 is 0 Å². The van der Waals surface area contributed by atoms with Gasteiger partial charge in [-0.25, -0.2) is 0 Å². The fraction of sp³-hybridized carbons (Fsp3) is 0.111. The molecule has 0 radical (unpaired) electrons. The Morgan fingerprint density at radius 2 is 1.50 bits per heavy atom. The van der Waals surface area contributed by atoms with Gasteiger partial charge in [0.15, 0.2) is 0 Å². The van der Waals surface area contributed by atoms with Crippen molar-refractivity contribution in [3.8, 4) is 0 Å². The molecule has 0 aliphatic carbocycles. The van der Waals surface area contributed by atoms with Crippen LogP contribution in [0.2, 0.25) is 0 Å². The first kappa shape index (κ1) is 12.8. The Balaban J connectivity index is 1.80. The summed E-state index contributed by atoms with van der Waals surface area (Å²) in [6, 6.07) is 14.1. The average Bonchev–Trinajstić information content (AvgIpc) is 3.08. The number of carbonyl (C=O) groups excluding carboxylic acids is 2. The van der Waals surface area contributed by atoms with Gasteiger partial charge < -0.3 is 4.42 Å². The first-order chi connectivity index (χ1) is 10.7. The predicted molar refractivity (Wildman–Crippen MR) is 81.6 cm³/mol. The third-order valence-corrected chi connectivity index (χ3v) is 4.17. The number of para-hydroxylation sites is 1. The Morgan fingerprint density at radius 1 is 0.909 bits per heavy atom. The maximum atomic E-state index is 12.6. The van der Waals surface area contributed by atoms with Gasteiger partial charge in [0.1, 0.15) is 5.58 Å². The Hall–Kier alpha value is -2.88. The van der Waals surface area contributed by atoms with Crippen LogP contribution in [-0.4, -0.2) is 16.7 Å². The second-order valence-electron chi connectivity index (χ2n) is 5.39. The van der Waals surface area contributed by atoms with Crippen LogP contribution >= 0.6 is 0 Å². The van der Waals surface area contributed by atoms with Gasteiger partial charge in [-0.1, -0.05) is 30.3 Å². The average molecular weight is 291 g/mol. The zero-order chi connectivity index (χ0) is 15.3. The molecule has 1 atom stereocenters. The molecular weight excluding hydrogens is 278 g/mol. The highest BCUT2D eigenvalue weighted by Crippen LogP contribution is 2.34. The summed E-state index contributed by atoms with van der Waals surface area (Å²) in [5.74, 6) is -0.503. The zero-order valence-electron chi connectivity index (χ0n) is 11.9. The fourth-order valence-corrected chi connectivity index (χ4v) is 3.02. The van der Waals surface area contributed by atoms with E-state index >= 15 is 0 Å². The Bertz CT molecular complexity index is 874. The van der Waals surface area contributed by atoms with Crippen molar-refractivity contribution in [1.82, 2.24) is 4.90 Å². The summed E-state index contributed by atoms with van der Waals surface area (Å²) in [6.07, 6.45) is 1.62. The second kappa shape index (κ2) is 4.56. The van der Waals surface area contributed by atoms with Crippen molar-refractivity contribution in [3.05, 3.63) is 71.5 Å². The highest BCUT2D eigenvalue weighted by molar-refractivity contribution is 6.21. The summed E-state index contributed by atoms with van der Waals surface area (Å²) in [7, 11) is 0. The van der Waals surface area contributed by atoms with Crippen molar-refractivity contribution >= 4 is 22.8 Å². The lowest BCUT2D eigenvalue weighted by Gasteiger charge is -2.21. The van der Waals surface area contributed by atoms with Gasteiger partial charge in [-0.05, 0) is 25.1 Å². The van der Waals surface area contributed by atoms with Gasteiger partial charge in [0, 0.05) is 10.9 Å². The first-order valence-electron chi connectivity index (χ1n) is 7.11. The lowest BCUT2D eigenvalue weighted by Crippen LogP contribution is -2.32. The van der Waals surface area contributed by atoms with Crippen LogP contribution in [-0.2, 0) is 0 Å². The number of fused-ring (bicyclic) bond motifs is 2. The van der Waals surface area contributed by atoms with Crippen LogP contribution in [0.3, 0.4) is 0 Å². The van der Waals surface area contributed by atoms with E-state index in [1.165, 1.54) is 4.90 Å². The van der Waals surface area contributed by atoms with Crippen LogP contribution in [0.1, 0.15) is 39.2 Å². The largest absolute Gasteiger partial charge is 0.464 e. The van der Waals surface area contributed by atoms with E-state index in [0.717, 1.165) is 16.5 Å². The van der Waals surface area contributed by atoms with Crippen LogP contribution in [0.5, 0.6) is 0 Å². The summed E-state index contributed by atoms with van der Waals surface area (Å²) >= 11 is 0.